The Morgan fingerprint density at radius 1 is 0.702 bits per heavy atom. The molecule has 0 saturated carbocycles. The number of carbonyl (C=O) groups is 3. The molecule has 2 aromatic carbocycles. The first-order chi connectivity index (χ1) is 27.1. The van der Waals surface area contributed by atoms with Crippen molar-refractivity contribution >= 4 is 104 Å². The van der Waals surface area contributed by atoms with Crippen LogP contribution < -0.4 is 41.8 Å². The van der Waals surface area contributed by atoms with Crippen molar-refractivity contribution in [3.05, 3.63) is 116 Å². The van der Waals surface area contributed by atoms with E-state index in [4.69, 9.17) is 4.42 Å². The number of ketones is 3. The monoisotopic (exact) mass is 850 g/mol. The van der Waals surface area contributed by atoms with Gasteiger partial charge in [-0.05, 0) is 54.6 Å². The summed E-state index contributed by atoms with van der Waals surface area (Å²) in [4.78, 5) is 59.1. The van der Waals surface area contributed by atoms with Crippen LogP contribution in [-0.4, -0.2) is 65.2 Å². The van der Waals surface area contributed by atoms with E-state index < -0.39 is 93.5 Å². The maximum absolute atomic E-state index is 14.0. The summed E-state index contributed by atoms with van der Waals surface area (Å²) in [5, 5.41) is 38.7. The number of benzene rings is 2. The smallest absolute Gasteiger partial charge is 0.267 e. The highest BCUT2D eigenvalue weighted by molar-refractivity contribution is 7.93. The number of hydrazine groups is 1. The highest BCUT2D eigenvalue weighted by Gasteiger charge is 2.33. The SMILES string of the molecule is O=C1C=C(c2oc3c(c(=O)c2O)=C(O)/C(=N/Nc2ccc(S(=O)(=O)Nc4nccs4)cc2)C(=O)C=3NNc2ccc(S(=O)(=O)Nc3nccs3)cc2)C=C(O)C1=O. The second-order valence-corrected chi connectivity index (χ2v) is 16.6. The predicted octanol–water partition coefficient (Wildman–Crippen LogP) is 1.28. The molecule has 5 aromatic rings. The molecule has 0 spiro atoms. The predicted molar refractivity (Wildman–Crippen MR) is 206 cm³/mol. The van der Waals surface area contributed by atoms with Crippen LogP contribution in [-0.2, 0) is 34.4 Å². The normalized spacial score (nSPS) is 15.2. The van der Waals surface area contributed by atoms with E-state index in [-0.39, 0.29) is 31.4 Å². The average Bonchev–Trinajstić information content (AvgIpc) is 3.89. The molecular formula is C33H22N8O12S4. The number of hydrogen-bond donors (Lipinski definition) is 8. The van der Waals surface area contributed by atoms with Gasteiger partial charge >= 0.3 is 0 Å². The van der Waals surface area contributed by atoms with Crippen LogP contribution in [0.25, 0.3) is 17.0 Å². The van der Waals surface area contributed by atoms with E-state index in [1.165, 1.54) is 60.9 Å². The number of allylic oxidation sites excluding steroid dienone is 4. The summed E-state index contributed by atoms with van der Waals surface area (Å²) < 4.78 is 61.4. The van der Waals surface area contributed by atoms with Gasteiger partial charge in [0.2, 0.25) is 22.7 Å². The lowest BCUT2D eigenvalue weighted by Crippen LogP contribution is -2.52. The Morgan fingerprint density at radius 2 is 1.26 bits per heavy atom. The van der Waals surface area contributed by atoms with Gasteiger partial charge in [-0.25, -0.2) is 26.8 Å². The largest absolute Gasteiger partial charge is 0.505 e. The van der Waals surface area contributed by atoms with E-state index >= 15 is 0 Å². The third-order valence-electron chi connectivity index (χ3n) is 7.78. The van der Waals surface area contributed by atoms with Crippen LogP contribution in [0, 0.1) is 0 Å². The van der Waals surface area contributed by atoms with Crippen LogP contribution >= 0.6 is 22.7 Å². The summed E-state index contributed by atoms with van der Waals surface area (Å²) in [5.74, 6) is -7.65. The topological polar surface area (TPSA) is 309 Å². The molecule has 290 valence electrons. The molecule has 0 bridgehead atoms. The molecule has 7 rings (SSSR count). The Kier molecular flexibility index (Phi) is 9.92. The number of aliphatic hydroxyl groups is 2. The summed E-state index contributed by atoms with van der Waals surface area (Å²) in [5.41, 5.74) is 4.13. The van der Waals surface area contributed by atoms with E-state index in [2.05, 4.69) is 40.8 Å². The van der Waals surface area contributed by atoms with Crippen LogP contribution in [0.2, 0.25) is 0 Å². The maximum atomic E-state index is 14.0. The van der Waals surface area contributed by atoms with Crippen LogP contribution in [0.3, 0.4) is 0 Å². The fraction of sp³-hybridized carbons (Fsp3) is 0. The summed E-state index contributed by atoms with van der Waals surface area (Å²) in [7, 11) is -8.04. The van der Waals surface area contributed by atoms with Gasteiger partial charge in [0.1, 0.15) is 10.9 Å². The van der Waals surface area contributed by atoms with Gasteiger partial charge in [0.05, 0.1) is 21.2 Å². The number of nitrogens with one attached hydrogen (secondary N) is 5. The minimum absolute atomic E-state index is 0.120. The van der Waals surface area contributed by atoms with Crippen molar-refractivity contribution in [1.29, 1.82) is 0 Å². The minimum atomic E-state index is -4.03. The lowest BCUT2D eigenvalue weighted by atomic mass is 9.99. The molecule has 0 unspecified atom stereocenters. The molecule has 2 aliphatic carbocycles. The summed E-state index contributed by atoms with van der Waals surface area (Å²) in [6.07, 6.45) is 4.26. The van der Waals surface area contributed by atoms with Gasteiger partial charge in [0.15, 0.2) is 38.7 Å². The Bertz CT molecular complexity index is 3000. The zero-order valence-electron chi connectivity index (χ0n) is 28.1. The van der Waals surface area contributed by atoms with Gasteiger partial charge in [0, 0.05) is 34.8 Å². The molecule has 0 radical (unpaired) electrons. The molecule has 3 aromatic heterocycles. The number of aromatic nitrogens is 2. The third-order valence-corrected chi connectivity index (χ3v) is 12.1. The number of hydrazone groups is 1. The summed E-state index contributed by atoms with van der Waals surface area (Å²) in [6, 6.07) is 10.1. The van der Waals surface area contributed by atoms with Gasteiger partial charge < -0.3 is 25.2 Å². The van der Waals surface area contributed by atoms with Crippen molar-refractivity contribution in [2.75, 3.05) is 20.3 Å². The van der Waals surface area contributed by atoms with Crippen molar-refractivity contribution in [1.82, 2.24) is 15.4 Å². The molecule has 8 N–H and O–H groups in total. The van der Waals surface area contributed by atoms with Gasteiger partial charge in [-0.15, -0.1) is 22.7 Å². The molecule has 2 aliphatic rings. The van der Waals surface area contributed by atoms with Crippen molar-refractivity contribution in [2.45, 2.75) is 9.79 Å². The number of carbonyl (C=O) groups excluding carboxylic acids is 3. The van der Waals surface area contributed by atoms with Gasteiger partial charge in [-0.3, -0.25) is 39.5 Å². The van der Waals surface area contributed by atoms with E-state index in [1.54, 1.807) is 10.8 Å². The average molecular weight is 851 g/mol. The first-order valence-electron chi connectivity index (χ1n) is 15.6. The van der Waals surface area contributed by atoms with Crippen LogP contribution in [0.1, 0.15) is 5.76 Å². The Hall–Kier alpha value is -7.15. The van der Waals surface area contributed by atoms with Gasteiger partial charge in [-0.2, -0.15) is 5.10 Å². The number of aliphatic hydroxyl groups excluding tert-OH is 2. The summed E-state index contributed by atoms with van der Waals surface area (Å²) >= 11 is 2.14. The Labute approximate surface area is 326 Å². The number of thiazole rings is 2. The second kappa shape index (κ2) is 14.8. The molecule has 57 heavy (non-hydrogen) atoms. The van der Waals surface area contributed by atoms with Crippen molar-refractivity contribution in [3.8, 4) is 5.75 Å². The number of aromatic hydroxyl groups is 1. The van der Waals surface area contributed by atoms with Crippen molar-refractivity contribution < 1.29 is 51.0 Å². The summed E-state index contributed by atoms with van der Waals surface area (Å²) in [6.45, 7) is 0. The number of nitrogens with zero attached hydrogens (tertiary/aromatic N) is 3. The zero-order valence-corrected chi connectivity index (χ0v) is 31.3. The van der Waals surface area contributed by atoms with Crippen molar-refractivity contribution in [3.63, 3.8) is 0 Å². The van der Waals surface area contributed by atoms with Gasteiger partial charge in [0.25, 0.3) is 25.8 Å². The van der Waals surface area contributed by atoms with E-state index in [0.717, 1.165) is 28.7 Å². The number of sulfonamides is 2. The minimum Gasteiger partial charge on any atom is -0.505 e. The van der Waals surface area contributed by atoms with Gasteiger partial charge in [-0.1, -0.05) is 0 Å². The first-order valence-corrected chi connectivity index (χ1v) is 20.4. The lowest BCUT2D eigenvalue weighted by molar-refractivity contribution is -0.133. The quantitative estimate of drug-likeness (QED) is 0.0498. The number of fused-ring (bicyclic) bond motifs is 1. The highest BCUT2D eigenvalue weighted by Crippen LogP contribution is 2.26. The molecule has 0 saturated heterocycles. The zero-order chi connectivity index (χ0) is 40.6. The molecule has 0 aliphatic heterocycles. The molecule has 0 atom stereocenters. The lowest BCUT2D eigenvalue weighted by Gasteiger charge is -2.18. The molecule has 0 fully saturated rings. The van der Waals surface area contributed by atoms with Crippen LogP contribution in [0.15, 0.2) is 114 Å². The molecule has 24 heteroatoms. The number of hydrogen-bond acceptors (Lipinski definition) is 20. The second-order valence-electron chi connectivity index (χ2n) is 11.4. The molecular weight excluding hydrogens is 829 g/mol. The standard InChI is InChI=1S/C33H22N8O12S4/c42-20-13-15(14-21(43)25(20)44)30-29(48)27(46)22-26(45)23(38-36-16-1-5-18(6-2-16)56(49,50)40-32-34-9-11-54-32)28(47)24(31(22)53-30)39-37-17-3-7-19(8-4-17)57(51,52)41-33-35-10-12-55-33/h1-14,36-37,39,42,45,48H,(H,34,40)(H,35,41)/b38-23-. The number of anilines is 4. The van der Waals surface area contributed by atoms with Crippen molar-refractivity contribution in [2.24, 2.45) is 5.10 Å². The highest BCUT2D eigenvalue weighted by atomic mass is 32.2. The fourth-order valence-corrected chi connectivity index (χ4v) is 8.65. The van der Waals surface area contributed by atoms with Crippen LogP contribution in [0.4, 0.5) is 21.6 Å². The third kappa shape index (κ3) is 7.59. The van der Waals surface area contributed by atoms with E-state index in [0.29, 0.717) is 6.08 Å². The maximum Gasteiger partial charge on any atom is 0.267 e. The van der Waals surface area contributed by atoms with Crippen LogP contribution in [0.5, 0.6) is 5.75 Å². The fourth-order valence-electron chi connectivity index (χ4n) is 5.07. The Balaban J connectivity index is 1.25. The molecule has 0 amide bonds. The van der Waals surface area contributed by atoms with E-state index in [9.17, 15) is 51.3 Å². The van der Waals surface area contributed by atoms with E-state index in [1.807, 2.05) is 0 Å². The molecule has 20 nitrogen and oxygen atoms in total. The first kappa shape index (κ1) is 38.1. The number of rotatable bonds is 12. The Morgan fingerprint density at radius 3 is 1.79 bits per heavy atom. The number of Topliss-reactive ketones (excluding diaryl/α,β-unsaturated/α-hetero) is 2. The molecule has 3 heterocycles.